The Labute approximate surface area is 211 Å². The molecule has 0 unspecified atom stereocenters. The summed E-state index contributed by atoms with van der Waals surface area (Å²) < 4.78 is 12.3. The molecule has 3 aliphatic rings. The van der Waals surface area contributed by atoms with Crippen molar-refractivity contribution in [2.24, 2.45) is 0 Å². The van der Waals surface area contributed by atoms with Crippen LogP contribution in [0.4, 0.5) is 5.69 Å². The number of carbonyl (C=O) groups excluding carboxylic acids is 3. The first-order valence-corrected chi connectivity index (χ1v) is 12.8. The highest BCUT2D eigenvalue weighted by atomic mass is 16.5. The van der Waals surface area contributed by atoms with Gasteiger partial charge in [-0.05, 0) is 55.0 Å². The van der Waals surface area contributed by atoms with Gasteiger partial charge in [-0.15, -0.1) is 0 Å². The van der Waals surface area contributed by atoms with Crippen molar-refractivity contribution < 1.29 is 23.9 Å². The predicted molar refractivity (Wildman–Crippen MR) is 135 cm³/mol. The summed E-state index contributed by atoms with van der Waals surface area (Å²) in [7, 11) is 1.78. The number of hydrogen-bond donors (Lipinski definition) is 2. The fourth-order valence-corrected chi connectivity index (χ4v) is 5.51. The zero-order valence-electron chi connectivity index (χ0n) is 20.8. The number of nitrogens with zero attached hydrogens (tertiary/aromatic N) is 1. The molecule has 2 N–H and O–H groups in total. The minimum absolute atomic E-state index is 0.000508. The van der Waals surface area contributed by atoms with Crippen LogP contribution in [-0.2, 0) is 27.2 Å². The number of anilines is 1. The summed E-state index contributed by atoms with van der Waals surface area (Å²) in [6, 6.07) is 13.4. The zero-order chi connectivity index (χ0) is 25.2. The maximum Gasteiger partial charge on any atom is 0.257 e. The SMILES string of the molecule is CCC(=O)Nc1ccc2c(c1)C(=O)N(C)[C@@H]1CC[C@@H](CC(=O)NC3Cc4ccccc4C3)O[C@H]1CO2. The van der Waals surface area contributed by atoms with Crippen LogP contribution in [0.25, 0.3) is 0 Å². The lowest BCUT2D eigenvalue weighted by molar-refractivity contribution is -0.134. The molecule has 0 saturated carbocycles. The normalized spacial score (nSPS) is 23.4. The van der Waals surface area contributed by atoms with Crippen molar-refractivity contribution in [3.63, 3.8) is 0 Å². The summed E-state index contributed by atoms with van der Waals surface area (Å²) >= 11 is 0. The van der Waals surface area contributed by atoms with Crippen LogP contribution in [0.2, 0.25) is 0 Å². The van der Waals surface area contributed by atoms with Gasteiger partial charge in [-0.2, -0.15) is 0 Å². The third kappa shape index (κ3) is 5.09. The first-order valence-electron chi connectivity index (χ1n) is 12.8. The number of nitrogens with one attached hydrogen (secondary N) is 2. The van der Waals surface area contributed by atoms with Crippen molar-refractivity contribution in [3.05, 3.63) is 59.2 Å². The van der Waals surface area contributed by atoms with Crippen LogP contribution in [-0.4, -0.2) is 60.6 Å². The Balaban J connectivity index is 1.20. The molecule has 0 spiro atoms. The maximum atomic E-state index is 13.3. The Morgan fingerprint density at radius 1 is 1.06 bits per heavy atom. The molecule has 2 aromatic rings. The number of rotatable bonds is 5. The maximum absolute atomic E-state index is 13.3. The van der Waals surface area contributed by atoms with Crippen LogP contribution >= 0.6 is 0 Å². The molecule has 2 aliphatic heterocycles. The van der Waals surface area contributed by atoms with E-state index in [9.17, 15) is 14.4 Å². The lowest BCUT2D eigenvalue weighted by atomic mass is 9.94. The highest BCUT2D eigenvalue weighted by Gasteiger charge is 2.39. The van der Waals surface area contributed by atoms with Gasteiger partial charge in [-0.1, -0.05) is 31.2 Å². The number of carbonyl (C=O) groups is 3. The molecular formula is C28H33N3O5. The molecule has 5 rings (SSSR count). The Morgan fingerprint density at radius 3 is 2.53 bits per heavy atom. The highest BCUT2D eigenvalue weighted by molar-refractivity contribution is 5.99. The van der Waals surface area contributed by atoms with Crippen molar-refractivity contribution in [2.75, 3.05) is 19.0 Å². The van der Waals surface area contributed by atoms with Gasteiger partial charge < -0.3 is 25.0 Å². The Morgan fingerprint density at radius 2 is 1.81 bits per heavy atom. The third-order valence-corrected chi connectivity index (χ3v) is 7.45. The third-order valence-electron chi connectivity index (χ3n) is 7.45. The van der Waals surface area contributed by atoms with E-state index >= 15 is 0 Å². The van der Waals surface area contributed by atoms with Gasteiger partial charge in [0, 0.05) is 25.2 Å². The van der Waals surface area contributed by atoms with Crippen LogP contribution in [0.5, 0.6) is 5.75 Å². The average Bonchev–Trinajstić information content (AvgIpc) is 3.28. The average molecular weight is 492 g/mol. The first-order chi connectivity index (χ1) is 17.4. The topological polar surface area (TPSA) is 97.0 Å². The van der Waals surface area contributed by atoms with E-state index in [0.29, 0.717) is 36.3 Å². The molecule has 3 atom stereocenters. The van der Waals surface area contributed by atoms with E-state index in [4.69, 9.17) is 9.47 Å². The second-order valence-corrected chi connectivity index (χ2v) is 9.93. The quantitative estimate of drug-likeness (QED) is 0.670. The van der Waals surface area contributed by atoms with Crippen LogP contribution < -0.4 is 15.4 Å². The molecule has 2 heterocycles. The second kappa shape index (κ2) is 10.3. The van der Waals surface area contributed by atoms with Crippen LogP contribution in [0.3, 0.4) is 0 Å². The molecule has 3 amide bonds. The summed E-state index contributed by atoms with van der Waals surface area (Å²) in [4.78, 5) is 39.6. The molecular weight excluding hydrogens is 458 g/mol. The summed E-state index contributed by atoms with van der Waals surface area (Å²) in [5.41, 5.74) is 3.60. The van der Waals surface area contributed by atoms with E-state index in [1.54, 1.807) is 37.1 Å². The Hall–Kier alpha value is -3.39. The van der Waals surface area contributed by atoms with Gasteiger partial charge in [-0.3, -0.25) is 14.4 Å². The fourth-order valence-electron chi connectivity index (χ4n) is 5.51. The molecule has 2 aromatic carbocycles. The second-order valence-electron chi connectivity index (χ2n) is 9.93. The van der Waals surface area contributed by atoms with E-state index < -0.39 is 0 Å². The standard InChI is InChI=1S/C28H33N3O5/c1-3-26(32)29-19-8-11-24-22(14-19)28(34)31(2)23-10-9-21(36-25(23)16-35-24)15-27(33)30-20-12-17-6-4-5-7-18(17)13-20/h4-8,11,14,20-21,23,25H,3,9-10,12-13,15-16H2,1-2H3,(H,29,32)(H,30,33)/t21-,23+,25-/m0/s1. The molecule has 0 radical (unpaired) electrons. The van der Waals surface area contributed by atoms with Crippen LogP contribution in [0.1, 0.15) is 54.1 Å². The van der Waals surface area contributed by atoms with E-state index in [1.165, 1.54) is 11.1 Å². The largest absolute Gasteiger partial charge is 0.490 e. The molecule has 1 saturated heterocycles. The molecule has 8 heteroatoms. The van der Waals surface area contributed by atoms with E-state index in [1.807, 2.05) is 12.1 Å². The number of benzene rings is 2. The molecule has 190 valence electrons. The van der Waals surface area contributed by atoms with Crippen molar-refractivity contribution in [1.29, 1.82) is 0 Å². The Bertz CT molecular complexity index is 1140. The van der Waals surface area contributed by atoms with Gasteiger partial charge in [-0.25, -0.2) is 0 Å². The van der Waals surface area contributed by atoms with Crippen molar-refractivity contribution in [2.45, 2.75) is 69.7 Å². The smallest absolute Gasteiger partial charge is 0.257 e. The zero-order valence-corrected chi connectivity index (χ0v) is 20.8. The first kappa shape index (κ1) is 24.3. The van der Waals surface area contributed by atoms with Crippen LogP contribution in [0.15, 0.2) is 42.5 Å². The number of amides is 3. The van der Waals surface area contributed by atoms with Crippen molar-refractivity contribution >= 4 is 23.4 Å². The van der Waals surface area contributed by atoms with Gasteiger partial charge in [0.2, 0.25) is 11.8 Å². The van der Waals surface area contributed by atoms with Crippen molar-refractivity contribution in [1.82, 2.24) is 10.2 Å². The van der Waals surface area contributed by atoms with Gasteiger partial charge in [0.15, 0.2) is 0 Å². The fraction of sp³-hybridized carbons (Fsp3) is 0.464. The number of likely N-dealkylation sites (N-methyl/N-ethyl adjacent to an activating group) is 1. The summed E-state index contributed by atoms with van der Waals surface area (Å²) in [5, 5.41) is 5.97. The van der Waals surface area contributed by atoms with Gasteiger partial charge >= 0.3 is 0 Å². The van der Waals surface area contributed by atoms with E-state index in [2.05, 4.69) is 22.8 Å². The van der Waals surface area contributed by atoms with Crippen molar-refractivity contribution in [3.8, 4) is 5.75 Å². The molecule has 8 nitrogen and oxygen atoms in total. The predicted octanol–water partition coefficient (Wildman–Crippen LogP) is 3.09. The minimum Gasteiger partial charge on any atom is -0.490 e. The number of hydrogen-bond acceptors (Lipinski definition) is 5. The highest BCUT2D eigenvalue weighted by Crippen LogP contribution is 2.32. The summed E-state index contributed by atoms with van der Waals surface area (Å²) in [6.45, 7) is 2.06. The molecule has 36 heavy (non-hydrogen) atoms. The summed E-state index contributed by atoms with van der Waals surface area (Å²) in [5.74, 6) is 0.173. The lowest BCUT2D eigenvalue weighted by Crippen LogP contribution is -2.54. The molecule has 1 aliphatic carbocycles. The monoisotopic (exact) mass is 491 g/mol. The molecule has 0 aromatic heterocycles. The van der Waals surface area contributed by atoms with Gasteiger partial charge in [0.1, 0.15) is 18.5 Å². The van der Waals surface area contributed by atoms with E-state index in [-0.39, 0.29) is 48.6 Å². The summed E-state index contributed by atoms with van der Waals surface area (Å²) in [6.07, 6.45) is 3.26. The van der Waals surface area contributed by atoms with E-state index in [0.717, 1.165) is 19.3 Å². The molecule has 1 fully saturated rings. The number of fused-ring (bicyclic) bond motifs is 3. The lowest BCUT2D eigenvalue weighted by Gasteiger charge is -2.42. The Kier molecular flexibility index (Phi) is 6.96. The molecule has 0 bridgehead atoms. The van der Waals surface area contributed by atoms with Gasteiger partial charge in [0.05, 0.1) is 24.1 Å². The number of ether oxygens (including phenoxy) is 2. The van der Waals surface area contributed by atoms with Crippen LogP contribution in [0, 0.1) is 0 Å². The minimum atomic E-state index is -0.325. The van der Waals surface area contributed by atoms with Gasteiger partial charge in [0.25, 0.3) is 5.91 Å².